The predicted molar refractivity (Wildman–Crippen MR) is 133 cm³/mol. The number of esters is 1. The number of imide groups is 1. The van der Waals surface area contributed by atoms with E-state index in [0.717, 1.165) is 27.8 Å². The maximum Gasteiger partial charge on any atom is 0.338 e. The number of ether oxygens (including phenoxy) is 1. The topological polar surface area (TPSA) is 106 Å². The number of thioether (sulfide) groups is 1. The van der Waals surface area contributed by atoms with Crippen molar-refractivity contribution in [1.82, 2.24) is 4.90 Å². The fourth-order valence-corrected chi connectivity index (χ4v) is 4.20. The third-order valence-corrected chi connectivity index (χ3v) is 6.08. The monoisotopic (exact) mass is 490 g/mol. The van der Waals surface area contributed by atoms with Crippen molar-refractivity contribution in [3.05, 3.63) is 82.5 Å². The fraction of sp³-hybridized carbons (Fsp3) is 0.154. The number of nitrogens with one attached hydrogen (secondary N) is 1. The average Bonchev–Trinajstić information content (AvgIpc) is 3.41. The van der Waals surface area contributed by atoms with Gasteiger partial charge in [0.05, 0.1) is 17.1 Å². The van der Waals surface area contributed by atoms with Gasteiger partial charge in [-0.15, -0.1) is 0 Å². The van der Waals surface area contributed by atoms with Crippen molar-refractivity contribution >= 4 is 46.5 Å². The van der Waals surface area contributed by atoms with Gasteiger partial charge in [-0.2, -0.15) is 0 Å². The quantitative estimate of drug-likeness (QED) is 0.362. The lowest BCUT2D eigenvalue weighted by molar-refractivity contribution is -0.127. The van der Waals surface area contributed by atoms with Crippen LogP contribution in [0, 0.1) is 6.92 Å². The molecule has 1 N–H and O–H groups in total. The van der Waals surface area contributed by atoms with Crippen molar-refractivity contribution in [2.75, 3.05) is 18.5 Å². The largest absolute Gasteiger partial charge is 0.462 e. The molecule has 1 aromatic heterocycles. The number of benzene rings is 2. The van der Waals surface area contributed by atoms with Gasteiger partial charge in [-0.25, -0.2) is 4.79 Å². The molecule has 1 aliphatic rings. The summed E-state index contributed by atoms with van der Waals surface area (Å²) in [5.74, 6) is -0.513. The molecule has 1 aliphatic heterocycles. The van der Waals surface area contributed by atoms with Crippen LogP contribution < -0.4 is 5.32 Å². The molecule has 3 amide bonds. The Labute approximate surface area is 205 Å². The molecule has 0 spiro atoms. The molecule has 0 radical (unpaired) electrons. The first-order chi connectivity index (χ1) is 16.9. The zero-order valence-corrected chi connectivity index (χ0v) is 19.9. The van der Waals surface area contributed by atoms with Gasteiger partial charge >= 0.3 is 5.97 Å². The van der Waals surface area contributed by atoms with Crippen LogP contribution in [0.2, 0.25) is 0 Å². The van der Waals surface area contributed by atoms with E-state index in [1.165, 1.54) is 6.08 Å². The van der Waals surface area contributed by atoms with Gasteiger partial charge in [0.15, 0.2) is 0 Å². The summed E-state index contributed by atoms with van der Waals surface area (Å²) in [6, 6.07) is 17.4. The second-order valence-electron chi connectivity index (χ2n) is 7.63. The molecular formula is C26H22N2O6S. The lowest BCUT2D eigenvalue weighted by atomic mass is 10.1. The average molecular weight is 491 g/mol. The van der Waals surface area contributed by atoms with E-state index in [4.69, 9.17) is 9.15 Å². The third kappa shape index (κ3) is 5.52. The Bertz CT molecular complexity index is 1330. The molecule has 0 atom stereocenters. The second-order valence-corrected chi connectivity index (χ2v) is 8.62. The Morgan fingerprint density at radius 3 is 2.51 bits per heavy atom. The number of amides is 3. The summed E-state index contributed by atoms with van der Waals surface area (Å²) in [7, 11) is 0. The maximum atomic E-state index is 12.8. The van der Waals surface area contributed by atoms with E-state index in [1.54, 1.807) is 55.5 Å². The first-order valence-electron chi connectivity index (χ1n) is 10.8. The molecule has 1 fully saturated rings. The summed E-state index contributed by atoms with van der Waals surface area (Å²) in [5, 5.41) is 2.20. The van der Waals surface area contributed by atoms with E-state index in [-0.39, 0.29) is 11.4 Å². The van der Waals surface area contributed by atoms with E-state index in [2.05, 4.69) is 5.32 Å². The Kier molecular flexibility index (Phi) is 7.17. The van der Waals surface area contributed by atoms with Gasteiger partial charge in [-0.3, -0.25) is 19.3 Å². The molecule has 178 valence electrons. The third-order valence-electron chi connectivity index (χ3n) is 5.18. The van der Waals surface area contributed by atoms with Gasteiger partial charge in [0, 0.05) is 17.3 Å². The minimum atomic E-state index is -0.559. The predicted octanol–water partition coefficient (Wildman–Crippen LogP) is 5.11. The molecule has 4 rings (SSSR count). The van der Waals surface area contributed by atoms with Crippen molar-refractivity contribution in [3.8, 4) is 11.3 Å². The summed E-state index contributed by atoms with van der Waals surface area (Å²) < 4.78 is 10.8. The van der Waals surface area contributed by atoms with E-state index < -0.39 is 23.0 Å². The van der Waals surface area contributed by atoms with Crippen LogP contribution in [0.4, 0.5) is 10.5 Å². The number of carbonyl (C=O) groups excluding carboxylic acids is 4. The number of para-hydroxylation sites is 1. The van der Waals surface area contributed by atoms with Gasteiger partial charge in [-0.1, -0.05) is 30.3 Å². The molecule has 35 heavy (non-hydrogen) atoms. The lowest BCUT2D eigenvalue weighted by Gasteiger charge is -2.13. The zero-order valence-electron chi connectivity index (χ0n) is 19.1. The van der Waals surface area contributed by atoms with Crippen molar-refractivity contribution in [3.63, 3.8) is 0 Å². The minimum absolute atomic E-state index is 0.164. The summed E-state index contributed by atoms with van der Waals surface area (Å²) >= 11 is 0.750. The van der Waals surface area contributed by atoms with Crippen molar-refractivity contribution < 1.29 is 28.3 Å². The number of anilines is 1. The smallest absolute Gasteiger partial charge is 0.338 e. The molecule has 2 heterocycles. The van der Waals surface area contributed by atoms with Crippen LogP contribution in [0.5, 0.6) is 0 Å². The molecule has 3 aromatic rings. The SMILES string of the molecule is CCOC(=O)c1ccc(-c2ccc(/C=C3/SC(=O)N(CC(=O)Nc4ccccc4C)C3=O)o2)cc1. The molecular weight excluding hydrogens is 468 g/mol. The summed E-state index contributed by atoms with van der Waals surface area (Å²) in [6.07, 6.45) is 1.47. The maximum absolute atomic E-state index is 12.8. The molecule has 1 saturated heterocycles. The second kappa shape index (κ2) is 10.4. The van der Waals surface area contributed by atoms with Crippen LogP contribution >= 0.6 is 11.8 Å². The van der Waals surface area contributed by atoms with Crippen molar-refractivity contribution in [1.29, 1.82) is 0 Å². The minimum Gasteiger partial charge on any atom is -0.462 e. The fourth-order valence-electron chi connectivity index (χ4n) is 3.38. The molecule has 2 aromatic carbocycles. The molecule has 0 aliphatic carbocycles. The van der Waals surface area contributed by atoms with Gasteiger partial charge < -0.3 is 14.5 Å². The van der Waals surface area contributed by atoms with Crippen LogP contribution in [-0.4, -0.2) is 41.1 Å². The van der Waals surface area contributed by atoms with Gasteiger partial charge in [0.25, 0.3) is 11.1 Å². The highest BCUT2D eigenvalue weighted by Gasteiger charge is 2.36. The van der Waals surface area contributed by atoms with Crippen LogP contribution in [0.1, 0.15) is 28.6 Å². The van der Waals surface area contributed by atoms with Crippen LogP contribution in [0.3, 0.4) is 0 Å². The number of nitrogens with zero attached hydrogens (tertiary/aromatic N) is 1. The molecule has 9 heteroatoms. The highest BCUT2D eigenvalue weighted by Crippen LogP contribution is 2.33. The Hall–Kier alpha value is -4.11. The van der Waals surface area contributed by atoms with Crippen LogP contribution in [-0.2, 0) is 14.3 Å². The number of carbonyl (C=O) groups is 4. The van der Waals surface area contributed by atoms with Gasteiger partial charge in [0.1, 0.15) is 18.1 Å². The van der Waals surface area contributed by atoms with Crippen LogP contribution in [0.15, 0.2) is 70.0 Å². The standard InChI is InChI=1S/C26H22N2O6S/c1-3-33-25(31)18-10-8-17(9-11-18)21-13-12-19(34-21)14-22-24(30)28(26(32)35-22)15-23(29)27-20-7-5-4-6-16(20)2/h4-14H,3,15H2,1-2H3,(H,27,29)/b22-14+. The lowest BCUT2D eigenvalue weighted by Crippen LogP contribution is -2.36. The first-order valence-corrected chi connectivity index (χ1v) is 11.7. The number of hydrogen-bond acceptors (Lipinski definition) is 7. The van der Waals surface area contributed by atoms with Crippen molar-refractivity contribution in [2.45, 2.75) is 13.8 Å². The summed E-state index contributed by atoms with van der Waals surface area (Å²) in [6.45, 7) is 3.51. The molecule has 0 saturated carbocycles. The number of furan rings is 1. The first kappa shape index (κ1) is 24.0. The normalized spacial score (nSPS) is 14.5. The van der Waals surface area contributed by atoms with E-state index in [9.17, 15) is 19.2 Å². The van der Waals surface area contributed by atoms with Gasteiger partial charge in [0.2, 0.25) is 5.91 Å². The Morgan fingerprint density at radius 2 is 1.80 bits per heavy atom. The molecule has 0 bridgehead atoms. The zero-order chi connectivity index (χ0) is 24.9. The number of rotatable bonds is 7. The molecule has 0 unspecified atom stereocenters. The van der Waals surface area contributed by atoms with E-state index in [0.29, 0.717) is 29.4 Å². The molecule has 8 nitrogen and oxygen atoms in total. The summed E-state index contributed by atoms with van der Waals surface area (Å²) in [5.41, 5.74) is 2.67. The number of hydrogen-bond donors (Lipinski definition) is 1. The highest BCUT2D eigenvalue weighted by atomic mass is 32.2. The number of aryl methyl sites for hydroxylation is 1. The van der Waals surface area contributed by atoms with E-state index in [1.807, 2.05) is 19.1 Å². The van der Waals surface area contributed by atoms with E-state index >= 15 is 0 Å². The summed E-state index contributed by atoms with van der Waals surface area (Å²) in [4.78, 5) is 50.4. The highest BCUT2D eigenvalue weighted by molar-refractivity contribution is 8.18. The van der Waals surface area contributed by atoms with Crippen molar-refractivity contribution in [2.24, 2.45) is 0 Å². The Balaban J connectivity index is 1.43. The van der Waals surface area contributed by atoms with Crippen LogP contribution in [0.25, 0.3) is 17.4 Å². The Morgan fingerprint density at radius 1 is 1.06 bits per heavy atom. The van der Waals surface area contributed by atoms with Gasteiger partial charge in [-0.05, 0) is 61.5 Å².